The molecule has 2 N–H and O–H groups in total. The van der Waals surface area contributed by atoms with Crippen LogP contribution in [0.4, 0.5) is 14.5 Å². The lowest BCUT2D eigenvalue weighted by Gasteiger charge is -2.22. The second kappa shape index (κ2) is 5.88. The van der Waals surface area contributed by atoms with E-state index in [1.54, 1.807) is 14.0 Å². The molecule has 1 atom stereocenters. The van der Waals surface area contributed by atoms with Gasteiger partial charge in [0.25, 0.3) is 0 Å². The summed E-state index contributed by atoms with van der Waals surface area (Å²) in [6, 6.07) is 3.68. The molecule has 0 saturated heterocycles. The van der Waals surface area contributed by atoms with E-state index in [-0.39, 0.29) is 24.1 Å². The molecule has 5 heteroatoms. The highest BCUT2D eigenvalue weighted by Crippen LogP contribution is 2.21. The number of halogens is 3. The van der Waals surface area contributed by atoms with Crippen molar-refractivity contribution in [2.24, 2.45) is 5.73 Å². The zero-order chi connectivity index (χ0) is 10.7. The molecule has 1 unspecified atom stereocenters. The van der Waals surface area contributed by atoms with Gasteiger partial charge in [-0.25, -0.2) is 8.78 Å². The van der Waals surface area contributed by atoms with Crippen LogP contribution in [-0.4, -0.2) is 19.6 Å². The van der Waals surface area contributed by atoms with Crippen molar-refractivity contribution >= 4 is 18.1 Å². The second-order valence-electron chi connectivity index (χ2n) is 3.43. The van der Waals surface area contributed by atoms with Crippen LogP contribution < -0.4 is 10.6 Å². The van der Waals surface area contributed by atoms with Crippen LogP contribution in [0.25, 0.3) is 0 Å². The molecule has 0 amide bonds. The summed E-state index contributed by atoms with van der Waals surface area (Å²) in [4.78, 5) is 1.48. The number of hydrogen-bond donors (Lipinski definition) is 1. The van der Waals surface area contributed by atoms with E-state index >= 15 is 0 Å². The number of nitrogens with two attached hydrogens (primary N) is 1. The van der Waals surface area contributed by atoms with Crippen molar-refractivity contribution in [3.05, 3.63) is 29.8 Å². The molecule has 0 saturated carbocycles. The highest BCUT2D eigenvalue weighted by atomic mass is 35.5. The number of rotatable bonds is 3. The number of likely N-dealkylation sites (N-methyl/N-ethyl adjacent to an activating group) is 1. The van der Waals surface area contributed by atoms with E-state index in [1.165, 1.54) is 23.1 Å². The molecule has 1 aromatic carbocycles. The number of nitrogens with zero attached hydrogens (tertiary/aromatic N) is 1. The van der Waals surface area contributed by atoms with E-state index in [2.05, 4.69) is 0 Å². The van der Waals surface area contributed by atoms with Crippen LogP contribution in [0.2, 0.25) is 0 Å². The number of anilines is 1. The molecule has 15 heavy (non-hydrogen) atoms. The summed E-state index contributed by atoms with van der Waals surface area (Å²) in [7, 11) is 1.62. The van der Waals surface area contributed by atoms with Gasteiger partial charge in [-0.1, -0.05) is 6.07 Å². The third-order valence-corrected chi connectivity index (χ3v) is 1.88. The molecule has 2 nitrogen and oxygen atoms in total. The number of para-hydroxylation sites is 1. The molecule has 0 bridgehead atoms. The molecule has 0 fully saturated rings. The molecular formula is C10H15ClF2N2. The third-order valence-electron chi connectivity index (χ3n) is 1.88. The van der Waals surface area contributed by atoms with Gasteiger partial charge in [-0.2, -0.15) is 0 Å². The van der Waals surface area contributed by atoms with Crippen LogP contribution >= 0.6 is 12.4 Å². The van der Waals surface area contributed by atoms with Gasteiger partial charge < -0.3 is 10.6 Å². The fourth-order valence-electron chi connectivity index (χ4n) is 1.38. The Balaban J connectivity index is 0.00000196. The molecule has 0 spiro atoms. The Hall–Kier alpha value is -0.870. The first-order chi connectivity index (χ1) is 6.52. The average Bonchev–Trinajstić information content (AvgIpc) is 2.01. The SMILES string of the molecule is CC(N)CN(C)c1c(F)cccc1F.Cl. The zero-order valence-electron chi connectivity index (χ0n) is 8.71. The molecule has 0 aromatic heterocycles. The van der Waals surface area contributed by atoms with Crippen LogP contribution in [-0.2, 0) is 0 Å². The highest BCUT2D eigenvalue weighted by Gasteiger charge is 2.13. The van der Waals surface area contributed by atoms with E-state index in [0.717, 1.165) is 0 Å². The van der Waals surface area contributed by atoms with Gasteiger partial charge in [0.05, 0.1) is 0 Å². The van der Waals surface area contributed by atoms with Crippen LogP contribution in [0, 0.1) is 11.6 Å². The van der Waals surface area contributed by atoms with E-state index in [0.29, 0.717) is 6.54 Å². The fraction of sp³-hybridized carbons (Fsp3) is 0.400. The molecule has 0 aliphatic heterocycles. The quantitative estimate of drug-likeness (QED) is 0.872. The number of hydrogen-bond acceptors (Lipinski definition) is 2. The first kappa shape index (κ1) is 14.1. The minimum Gasteiger partial charge on any atom is -0.368 e. The highest BCUT2D eigenvalue weighted by molar-refractivity contribution is 5.85. The van der Waals surface area contributed by atoms with Gasteiger partial charge in [-0.3, -0.25) is 0 Å². The molecule has 0 radical (unpaired) electrons. The van der Waals surface area contributed by atoms with E-state index < -0.39 is 11.6 Å². The van der Waals surface area contributed by atoms with E-state index in [1.807, 2.05) is 0 Å². The minimum atomic E-state index is -0.562. The maximum Gasteiger partial charge on any atom is 0.149 e. The topological polar surface area (TPSA) is 29.3 Å². The largest absolute Gasteiger partial charge is 0.368 e. The Morgan fingerprint density at radius 3 is 2.20 bits per heavy atom. The summed E-state index contributed by atoms with van der Waals surface area (Å²) >= 11 is 0. The van der Waals surface area contributed by atoms with Gasteiger partial charge in [0.1, 0.15) is 17.3 Å². The first-order valence-corrected chi connectivity index (χ1v) is 4.43. The molecule has 0 aliphatic carbocycles. The van der Waals surface area contributed by atoms with Crippen LogP contribution in [0.3, 0.4) is 0 Å². The van der Waals surface area contributed by atoms with Gasteiger partial charge in [-0.15, -0.1) is 12.4 Å². The predicted octanol–water partition coefficient (Wildman–Crippen LogP) is 2.17. The maximum absolute atomic E-state index is 13.2. The first-order valence-electron chi connectivity index (χ1n) is 4.43. The van der Waals surface area contributed by atoms with E-state index in [9.17, 15) is 8.78 Å². The van der Waals surface area contributed by atoms with Crippen molar-refractivity contribution in [2.45, 2.75) is 13.0 Å². The van der Waals surface area contributed by atoms with Crippen LogP contribution in [0.5, 0.6) is 0 Å². The van der Waals surface area contributed by atoms with Crippen LogP contribution in [0.1, 0.15) is 6.92 Å². The fourth-order valence-corrected chi connectivity index (χ4v) is 1.38. The van der Waals surface area contributed by atoms with Gasteiger partial charge >= 0.3 is 0 Å². The standard InChI is InChI=1S/C10H14F2N2.ClH/c1-7(13)6-14(2)10-8(11)4-3-5-9(10)12;/h3-5,7H,6,13H2,1-2H3;1H. The smallest absolute Gasteiger partial charge is 0.149 e. The van der Waals surface area contributed by atoms with Crippen molar-refractivity contribution in [1.82, 2.24) is 0 Å². The maximum atomic E-state index is 13.2. The average molecular weight is 237 g/mol. The van der Waals surface area contributed by atoms with Crippen molar-refractivity contribution in [3.63, 3.8) is 0 Å². The van der Waals surface area contributed by atoms with Gasteiger partial charge in [-0.05, 0) is 19.1 Å². The summed E-state index contributed by atoms with van der Waals surface area (Å²) < 4.78 is 26.5. The molecule has 0 aliphatic rings. The van der Waals surface area contributed by atoms with E-state index in [4.69, 9.17) is 5.73 Å². The predicted molar refractivity (Wildman–Crippen MR) is 60.5 cm³/mol. The summed E-state index contributed by atoms with van der Waals surface area (Å²) in [6.07, 6.45) is 0. The van der Waals surface area contributed by atoms with Crippen molar-refractivity contribution in [1.29, 1.82) is 0 Å². The summed E-state index contributed by atoms with van der Waals surface area (Å²) in [5, 5.41) is 0. The summed E-state index contributed by atoms with van der Waals surface area (Å²) in [5.74, 6) is -1.12. The van der Waals surface area contributed by atoms with Gasteiger partial charge in [0.2, 0.25) is 0 Å². The molecule has 1 rings (SSSR count). The Labute approximate surface area is 94.5 Å². The molecule has 0 heterocycles. The number of benzene rings is 1. The normalized spacial score (nSPS) is 11.8. The molecule has 86 valence electrons. The lowest BCUT2D eigenvalue weighted by molar-refractivity contribution is 0.571. The lowest BCUT2D eigenvalue weighted by atomic mass is 10.2. The lowest BCUT2D eigenvalue weighted by Crippen LogP contribution is -2.33. The Morgan fingerprint density at radius 1 is 1.33 bits per heavy atom. The zero-order valence-corrected chi connectivity index (χ0v) is 9.52. The van der Waals surface area contributed by atoms with Gasteiger partial charge in [0, 0.05) is 19.6 Å². The molecular weight excluding hydrogens is 222 g/mol. The monoisotopic (exact) mass is 236 g/mol. The van der Waals surface area contributed by atoms with Crippen molar-refractivity contribution in [2.75, 3.05) is 18.5 Å². The Morgan fingerprint density at radius 2 is 1.80 bits per heavy atom. The third kappa shape index (κ3) is 3.64. The summed E-state index contributed by atoms with van der Waals surface area (Å²) in [6.45, 7) is 2.20. The molecule has 1 aromatic rings. The van der Waals surface area contributed by atoms with Crippen molar-refractivity contribution < 1.29 is 8.78 Å². The minimum absolute atomic E-state index is 0. The Bertz CT molecular complexity index is 298. The summed E-state index contributed by atoms with van der Waals surface area (Å²) in [5.41, 5.74) is 5.52. The van der Waals surface area contributed by atoms with Crippen molar-refractivity contribution in [3.8, 4) is 0 Å². The van der Waals surface area contributed by atoms with Gasteiger partial charge in [0.15, 0.2) is 0 Å². The Kier molecular flexibility index (Phi) is 5.54. The van der Waals surface area contributed by atoms with Crippen LogP contribution in [0.15, 0.2) is 18.2 Å². The second-order valence-corrected chi connectivity index (χ2v) is 3.43.